The molecule has 0 saturated carbocycles. The smallest absolute Gasteiger partial charge is 0.308 e. The van der Waals surface area contributed by atoms with Gasteiger partial charge in [-0.2, -0.15) is 0 Å². The zero-order valence-electron chi connectivity index (χ0n) is 18.3. The van der Waals surface area contributed by atoms with Gasteiger partial charge in [-0.15, -0.1) is 0 Å². The van der Waals surface area contributed by atoms with Crippen molar-refractivity contribution < 1.29 is 28.7 Å². The zero-order chi connectivity index (χ0) is 24.9. The molecule has 0 unspecified atom stereocenters. The average molecular weight is 491 g/mol. The minimum atomic E-state index is -0.756. The van der Waals surface area contributed by atoms with Gasteiger partial charge in [0.25, 0.3) is 17.7 Å². The third-order valence-electron chi connectivity index (χ3n) is 5.32. The molecule has 0 radical (unpaired) electrons. The van der Waals surface area contributed by atoms with E-state index in [0.29, 0.717) is 10.6 Å². The highest BCUT2D eigenvalue weighted by atomic mass is 35.5. The van der Waals surface area contributed by atoms with Crippen molar-refractivity contribution in [2.24, 2.45) is 0 Å². The largest absolute Gasteiger partial charge is 0.456 e. The number of fused-ring (bicyclic) bond motifs is 1. The molecule has 3 aromatic carbocycles. The van der Waals surface area contributed by atoms with E-state index in [4.69, 9.17) is 16.3 Å². The van der Waals surface area contributed by atoms with Crippen molar-refractivity contribution in [2.45, 2.75) is 6.42 Å². The number of rotatable bonds is 8. The monoisotopic (exact) mass is 490 g/mol. The fourth-order valence-electron chi connectivity index (χ4n) is 3.61. The fraction of sp³-hybridized carbons (Fsp3) is 0.115. The molecule has 1 heterocycles. The van der Waals surface area contributed by atoms with E-state index in [0.717, 1.165) is 4.90 Å². The van der Waals surface area contributed by atoms with Crippen LogP contribution in [0.25, 0.3) is 0 Å². The van der Waals surface area contributed by atoms with Crippen LogP contribution in [-0.4, -0.2) is 47.5 Å². The van der Waals surface area contributed by atoms with Crippen molar-refractivity contribution in [3.63, 3.8) is 0 Å². The molecule has 3 amide bonds. The second-order valence-corrected chi connectivity index (χ2v) is 8.09. The van der Waals surface area contributed by atoms with Crippen molar-refractivity contribution in [3.8, 4) is 0 Å². The number of ether oxygens (including phenoxy) is 1. The van der Waals surface area contributed by atoms with Gasteiger partial charge in [0, 0.05) is 22.7 Å². The number of hydrogen-bond acceptors (Lipinski definition) is 6. The Kier molecular flexibility index (Phi) is 7.03. The van der Waals surface area contributed by atoms with Crippen LogP contribution in [0.1, 0.15) is 43.1 Å². The van der Waals surface area contributed by atoms with Crippen LogP contribution >= 0.6 is 11.6 Å². The zero-order valence-corrected chi connectivity index (χ0v) is 19.1. The number of nitrogens with zero attached hydrogens (tertiary/aromatic N) is 1. The summed E-state index contributed by atoms with van der Waals surface area (Å²) in [5.41, 5.74) is 1.40. The van der Waals surface area contributed by atoms with Gasteiger partial charge in [-0.3, -0.25) is 28.9 Å². The molecule has 0 aromatic heterocycles. The summed E-state index contributed by atoms with van der Waals surface area (Å²) in [6.45, 7) is -0.776. The molecule has 4 rings (SSSR count). The average Bonchev–Trinajstić information content (AvgIpc) is 3.12. The topological polar surface area (TPSA) is 110 Å². The molecule has 0 bridgehead atoms. The number of esters is 1. The highest BCUT2D eigenvalue weighted by Gasteiger charge is 2.35. The van der Waals surface area contributed by atoms with Crippen molar-refractivity contribution in [3.05, 3.63) is 100 Å². The molecule has 176 valence electrons. The van der Waals surface area contributed by atoms with Gasteiger partial charge in [0.1, 0.15) is 0 Å². The van der Waals surface area contributed by atoms with Gasteiger partial charge in [-0.25, -0.2) is 0 Å². The molecule has 0 aliphatic carbocycles. The van der Waals surface area contributed by atoms with E-state index < -0.39 is 30.3 Å². The first kappa shape index (κ1) is 23.8. The number of halogens is 1. The number of nitrogens with one attached hydrogen (secondary N) is 1. The molecule has 0 saturated heterocycles. The highest BCUT2D eigenvalue weighted by Crippen LogP contribution is 2.24. The van der Waals surface area contributed by atoms with E-state index in [1.54, 1.807) is 54.6 Å². The minimum absolute atomic E-state index is 0.167. The number of benzene rings is 3. The highest BCUT2D eigenvalue weighted by molar-refractivity contribution is 6.31. The molecule has 35 heavy (non-hydrogen) atoms. The fourth-order valence-corrected chi connectivity index (χ4v) is 3.78. The predicted octanol–water partition coefficient (Wildman–Crippen LogP) is 3.74. The summed E-state index contributed by atoms with van der Waals surface area (Å²) in [6, 6.07) is 19.4. The van der Waals surface area contributed by atoms with Gasteiger partial charge < -0.3 is 10.1 Å². The molecular weight excluding hydrogens is 472 g/mol. The Morgan fingerprint density at radius 3 is 2.14 bits per heavy atom. The van der Waals surface area contributed by atoms with Crippen LogP contribution in [0.5, 0.6) is 0 Å². The van der Waals surface area contributed by atoms with E-state index in [-0.39, 0.29) is 41.1 Å². The van der Waals surface area contributed by atoms with Gasteiger partial charge in [0.15, 0.2) is 12.4 Å². The molecular formula is C26H19ClN2O6. The number of anilines is 1. The Labute approximate surface area is 205 Å². The number of ketones is 1. The molecule has 0 atom stereocenters. The second kappa shape index (κ2) is 10.3. The number of carbonyl (C=O) groups excluding carboxylic acids is 5. The van der Waals surface area contributed by atoms with E-state index in [1.807, 2.05) is 0 Å². The maximum absolute atomic E-state index is 12.9. The maximum atomic E-state index is 12.9. The standard InChI is InChI=1S/C26H19ClN2O6/c27-17-10-11-21(20(14-17)24(32)16-6-2-1-3-7-16)28-22(30)15-35-23(31)12-13-29-25(33)18-8-4-5-9-19(18)26(29)34/h1-11,14H,12-13,15H2,(H,28,30). The summed E-state index contributed by atoms with van der Waals surface area (Å²) in [5.74, 6) is -2.71. The van der Waals surface area contributed by atoms with E-state index in [1.165, 1.54) is 18.2 Å². The lowest BCUT2D eigenvalue weighted by Gasteiger charge is -2.14. The summed E-state index contributed by atoms with van der Waals surface area (Å²) in [4.78, 5) is 63.0. The van der Waals surface area contributed by atoms with Crippen LogP contribution in [0.15, 0.2) is 72.8 Å². The first-order chi connectivity index (χ1) is 16.8. The van der Waals surface area contributed by atoms with E-state index in [9.17, 15) is 24.0 Å². The quantitative estimate of drug-likeness (QED) is 0.292. The summed E-state index contributed by atoms with van der Waals surface area (Å²) in [7, 11) is 0. The molecule has 3 aromatic rings. The Bertz CT molecular complexity index is 1300. The van der Waals surface area contributed by atoms with Crippen LogP contribution in [0.3, 0.4) is 0 Å². The first-order valence-corrected chi connectivity index (χ1v) is 11.0. The van der Waals surface area contributed by atoms with Crippen LogP contribution in [0.4, 0.5) is 5.69 Å². The maximum Gasteiger partial charge on any atom is 0.308 e. The number of carbonyl (C=O) groups is 5. The van der Waals surface area contributed by atoms with Crippen LogP contribution in [0.2, 0.25) is 5.02 Å². The minimum Gasteiger partial charge on any atom is -0.456 e. The molecule has 8 nitrogen and oxygen atoms in total. The third kappa shape index (κ3) is 5.28. The molecule has 9 heteroatoms. The normalized spacial score (nSPS) is 12.3. The molecule has 1 N–H and O–H groups in total. The van der Waals surface area contributed by atoms with Crippen molar-refractivity contribution in [2.75, 3.05) is 18.5 Å². The van der Waals surface area contributed by atoms with Gasteiger partial charge in [0.2, 0.25) is 0 Å². The van der Waals surface area contributed by atoms with E-state index >= 15 is 0 Å². The predicted molar refractivity (Wildman–Crippen MR) is 127 cm³/mol. The molecule has 0 spiro atoms. The molecule has 0 fully saturated rings. The SMILES string of the molecule is O=C(COC(=O)CCN1C(=O)c2ccccc2C1=O)Nc1ccc(Cl)cc1C(=O)c1ccccc1. The van der Waals surface area contributed by atoms with Crippen LogP contribution in [-0.2, 0) is 14.3 Å². The summed E-state index contributed by atoms with van der Waals surface area (Å²) in [5, 5.41) is 2.87. The van der Waals surface area contributed by atoms with E-state index in [2.05, 4.69) is 5.32 Å². The van der Waals surface area contributed by atoms with Crippen LogP contribution < -0.4 is 5.32 Å². The Morgan fingerprint density at radius 2 is 1.49 bits per heavy atom. The van der Waals surface area contributed by atoms with Gasteiger partial charge in [-0.05, 0) is 30.3 Å². The summed E-state index contributed by atoms with van der Waals surface area (Å²) in [6.07, 6.45) is -0.266. The Balaban J connectivity index is 1.32. The lowest BCUT2D eigenvalue weighted by atomic mass is 10.0. The van der Waals surface area contributed by atoms with Crippen LogP contribution in [0, 0.1) is 0 Å². The van der Waals surface area contributed by atoms with Gasteiger partial charge >= 0.3 is 5.97 Å². The molecule has 1 aliphatic rings. The Hall–Kier alpha value is -4.30. The first-order valence-electron chi connectivity index (χ1n) is 10.6. The summed E-state index contributed by atoms with van der Waals surface area (Å²) < 4.78 is 4.98. The summed E-state index contributed by atoms with van der Waals surface area (Å²) >= 11 is 6.04. The Morgan fingerprint density at radius 1 is 0.857 bits per heavy atom. The van der Waals surface area contributed by atoms with Gasteiger partial charge in [-0.1, -0.05) is 54.1 Å². The number of imide groups is 1. The third-order valence-corrected chi connectivity index (χ3v) is 5.55. The van der Waals surface area contributed by atoms with Crippen molar-refractivity contribution >= 4 is 46.8 Å². The second-order valence-electron chi connectivity index (χ2n) is 7.65. The lowest BCUT2D eigenvalue weighted by molar-refractivity contribution is -0.147. The van der Waals surface area contributed by atoms with Gasteiger partial charge in [0.05, 0.1) is 23.2 Å². The lowest BCUT2D eigenvalue weighted by Crippen LogP contribution is -2.32. The number of amides is 3. The number of hydrogen-bond donors (Lipinski definition) is 1. The van der Waals surface area contributed by atoms with Crippen molar-refractivity contribution in [1.82, 2.24) is 4.90 Å². The molecule has 1 aliphatic heterocycles. The van der Waals surface area contributed by atoms with Crippen molar-refractivity contribution in [1.29, 1.82) is 0 Å².